The van der Waals surface area contributed by atoms with Gasteiger partial charge in [0.15, 0.2) is 5.76 Å². The summed E-state index contributed by atoms with van der Waals surface area (Å²) >= 11 is 0. The van der Waals surface area contributed by atoms with Crippen LogP contribution < -0.4 is 15.5 Å². The Kier molecular flexibility index (Phi) is 5.36. The number of likely N-dealkylation sites (tertiary alicyclic amines) is 1. The molecule has 1 saturated heterocycles. The number of nitrogens with one attached hydrogen (secondary N) is 1. The number of rotatable bonds is 6. The van der Waals surface area contributed by atoms with Gasteiger partial charge >= 0.3 is 0 Å². The maximum absolute atomic E-state index is 12.2. The van der Waals surface area contributed by atoms with Crippen molar-refractivity contribution in [2.45, 2.75) is 25.9 Å². The minimum atomic E-state index is -0.489. The third kappa shape index (κ3) is 3.93. The van der Waals surface area contributed by atoms with Crippen LogP contribution in [0.25, 0.3) is 0 Å². The zero-order valence-electron chi connectivity index (χ0n) is 14.5. The first kappa shape index (κ1) is 17.7. The average Bonchev–Trinajstić information content (AvgIpc) is 3.05. The number of methoxy groups -OCH3 is 1. The highest BCUT2D eigenvalue weighted by Gasteiger charge is 2.21. The second-order valence-electron chi connectivity index (χ2n) is 6.05. The molecule has 1 fully saturated rings. The molecule has 1 aliphatic rings. The van der Waals surface area contributed by atoms with Crippen molar-refractivity contribution in [3.63, 3.8) is 0 Å². The van der Waals surface area contributed by atoms with Crippen molar-refractivity contribution in [2.24, 2.45) is 0 Å². The van der Waals surface area contributed by atoms with Gasteiger partial charge in [0, 0.05) is 32.1 Å². The molecule has 1 aliphatic heterocycles. The van der Waals surface area contributed by atoms with Crippen LogP contribution in [0.5, 0.6) is 5.75 Å². The quantitative estimate of drug-likeness (QED) is 0.851. The van der Waals surface area contributed by atoms with E-state index in [0.29, 0.717) is 13.0 Å². The molecular formula is C19H20N2O5. The summed E-state index contributed by atoms with van der Waals surface area (Å²) in [6, 6.07) is 8.73. The van der Waals surface area contributed by atoms with E-state index in [9.17, 15) is 14.4 Å². The van der Waals surface area contributed by atoms with Crippen LogP contribution >= 0.6 is 0 Å². The van der Waals surface area contributed by atoms with Crippen LogP contribution in [0, 0.1) is 0 Å². The number of hydrogen-bond acceptors (Lipinski definition) is 5. The number of hydrogen-bond donors (Lipinski definition) is 1. The summed E-state index contributed by atoms with van der Waals surface area (Å²) in [5.41, 5.74) is 1.48. The third-order valence-electron chi connectivity index (χ3n) is 4.33. The van der Waals surface area contributed by atoms with E-state index in [1.165, 1.54) is 7.11 Å². The van der Waals surface area contributed by atoms with Gasteiger partial charge in [0.25, 0.3) is 5.91 Å². The highest BCUT2D eigenvalue weighted by Crippen LogP contribution is 2.17. The highest BCUT2D eigenvalue weighted by molar-refractivity contribution is 5.91. The lowest BCUT2D eigenvalue weighted by atomic mass is 10.1. The van der Waals surface area contributed by atoms with Crippen LogP contribution in [0.2, 0.25) is 0 Å². The highest BCUT2D eigenvalue weighted by atomic mass is 16.5. The molecule has 0 bridgehead atoms. The van der Waals surface area contributed by atoms with Crippen LogP contribution in [0.1, 0.15) is 34.5 Å². The first-order valence-corrected chi connectivity index (χ1v) is 8.38. The van der Waals surface area contributed by atoms with Gasteiger partial charge < -0.3 is 19.4 Å². The van der Waals surface area contributed by atoms with Crippen LogP contribution in [-0.4, -0.2) is 30.4 Å². The number of benzene rings is 1. The zero-order chi connectivity index (χ0) is 18.5. The van der Waals surface area contributed by atoms with Crippen molar-refractivity contribution in [1.29, 1.82) is 0 Å². The summed E-state index contributed by atoms with van der Waals surface area (Å²) in [7, 11) is 1.36. The van der Waals surface area contributed by atoms with Gasteiger partial charge in [-0.2, -0.15) is 0 Å². The minimum absolute atomic E-state index is 0.0437. The fourth-order valence-electron chi connectivity index (χ4n) is 2.89. The van der Waals surface area contributed by atoms with E-state index in [1.807, 2.05) is 29.2 Å². The normalized spacial score (nSPS) is 13.7. The van der Waals surface area contributed by atoms with Crippen LogP contribution in [0.4, 0.5) is 0 Å². The molecule has 7 heteroatoms. The fraction of sp³-hybridized carbons (Fsp3) is 0.316. The van der Waals surface area contributed by atoms with Gasteiger partial charge in [-0.1, -0.05) is 24.3 Å². The maximum atomic E-state index is 12.2. The van der Waals surface area contributed by atoms with Crippen molar-refractivity contribution in [3.05, 3.63) is 63.7 Å². The van der Waals surface area contributed by atoms with Gasteiger partial charge in [0.2, 0.25) is 17.1 Å². The molecule has 0 unspecified atom stereocenters. The second-order valence-corrected chi connectivity index (χ2v) is 6.05. The Balaban J connectivity index is 1.67. The fourth-order valence-corrected chi connectivity index (χ4v) is 2.89. The molecule has 2 heterocycles. The van der Waals surface area contributed by atoms with E-state index in [-0.39, 0.29) is 24.0 Å². The van der Waals surface area contributed by atoms with Gasteiger partial charge in [-0.15, -0.1) is 0 Å². The van der Waals surface area contributed by atoms with E-state index in [1.54, 1.807) is 0 Å². The lowest BCUT2D eigenvalue weighted by Gasteiger charge is -2.18. The molecule has 0 saturated carbocycles. The number of carbonyl (C=O) groups excluding carboxylic acids is 2. The Morgan fingerprint density at radius 1 is 1.27 bits per heavy atom. The van der Waals surface area contributed by atoms with E-state index in [2.05, 4.69) is 5.32 Å². The number of amides is 2. The summed E-state index contributed by atoms with van der Waals surface area (Å²) in [5.74, 6) is -0.370. The summed E-state index contributed by atoms with van der Waals surface area (Å²) in [6.45, 7) is 1.56. The second kappa shape index (κ2) is 7.86. The van der Waals surface area contributed by atoms with Crippen molar-refractivity contribution in [2.75, 3.05) is 13.7 Å². The summed E-state index contributed by atoms with van der Waals surface area (Å²) < 4.78 is 9.97. The van der Waals surface area contributed by atoms with Crippen molar-refractivity contribution in [3.8, 4) is 5.75 Å². The molecule has 3 rings (SSSR count). The minimum Gasteiger partial charge on any atom is -0.490 e. The summed E-state index contributed by atoms with van der Waals surface area (Å²) in [5, 5.41) is 2.74. The van der Waals surface area contributed by atoms with Crippen molar-refractivity contribution >= 4 is 11.8 Å². The molecule has 0 aliphatic carbocycles. The molecule has 1 aromatic carbocycles. The molecule has 136 valence electrons. The molecule has 26 heavy (non-hydrogen) atoms. The van der Waals surface area contributed by atoms with Crippen molar-refractivity contribution in [1.82, 2.24) is 10.2 Å². The van der Waals surface area contributed by atoms with E-state index >= 15 is 0 Å². The van der Waals surface area contributed by atoms with E-state index in [0.717, 1.165) is 36.4 Å². The molecule has 0 atom stereocenters. The van der Waals surface area contributed by atoms with Crippen LogP contribution in [0.3, 0.4) is 0 Å². The molecule has 0 radical (unpaired) electrons. The Morgan fingerprint density at radius 2 is 2.04 bits per heavy atom. The smallest absolute Gasteiger partial charge is 0.287 e. The molecule has 0 spiro atoms. The summed E-state index contributed by atoms with van der Waals surface area (Å²) in [6.07, 6.45) is 2.59. The molecule has 2 aromatic rings. The Labute approximate surface area is 150 Å². The molecule has 2 amide bonds. The molecular weight excluding hydrogens is 336 g/mol. The van der Waals surface area contributed by atoms with Gasteiger partial charge in [0.05, 0.1) is 7.11 Å². The lowest BCUT2D eigenvalue weighted by Crippen LogP contribution is -2.27. The third-order valence-corrected chi connectivity index (χ3v) is 4.33. The van der Waals surface area contributed by atoms with Gasteiger partial charge in [0.1, 0.15) is 6.26 Å². The maximum Gasteiger partial charge on any atom is 0.287 e. The SMILES string of the molecule is COc1coc(C(=O)NCc2ccccc2CN2CCCC2=O)cc1=O. The number of nitrogens with zero attached hydrogens (tertiary/aromatic N) is 1. The van der Waals surface area contributed by atoms with Crippen LogP contribution in [-0.2, 0) is 17.9 Å². The van der Waals surface area contributed by atoms with Crippen molar-refractivity contribution < 1.29 is 18.7 Å². The lowest BCUT2D eigenvalue weighted by molar-refractivity contribution is -0.128. The Hall–Kier alpha value is -3.09. The summed E-state index contributed by atoms with van der Waals surface area (Å²) in [4.78, 5) is 37.6. The first-order chi connectivity index (χ1) is 12.6. The topological polar surface area (TPSA) is 88.8 Å². The zero-order valence-corrected chi connectivity index (χ0v) is 14.5. The number of ether oxygens (including phenoxy) is 1. The predicted octanol–water partition coefficient (Wildman–Crippen LogP) is 1.70. The predicted molar refractivity (Wildman–Crippen MR) is 93.8 cm³/mol. The van der Waals surface area contributed by atoms with E-state index in [4.69, 9.17) is 9.15 Å². The van der Waals surface area contributed by atoms with Gasteiger partial charge in [-0.3, -0.25) is 14.4 Å². The molecule has 1 N–H and O–H groups in total. The van der Waals surface area contributed by atoms with Gasteiger partial charge in [-0.05, 0) is 17.5 Å². The van der Waals surface area contributed by atoms with Gasteiger partial charge in [-0.25, -0.2) is 0 Å². The number of carbonyl (C=O) groups is 2. The average molecular weight is 356 g/mol. The van der Waals surface area contributed by atoms with Crippen LogP contribution in [0.15, 0.2) is 45.8 Å². The first-order valence-electron chi connectivity index (χ1n) is 8.38. The standard InChI is InChI=1S/C19H20N2O5/c1-25-17-12-26-16(9-15(17)22)19(24)20-10-13-5-2-3-6-14(13)11-21-8-4-7-18(21)23/h2-3,5-6,9,12H,4,7-8,10-11H2,1H3,(H,20,24). The van der Waals surface area contributed by atoms with E-state index < -0.39 is 11.3 Å². The Bertz CT molecular complexity index is 874. The molecule has 7 nitrogen and oxygen atoms in total. The molecule has 1 aromatic heterocycles. The monoisotopic (exact) mass is 356 g/mol. The Morgan fingerprint density at radius 3 is 2.69 bits per heavy atom. The largest absolute Gasteiger partial charge is 0.490 e.